The van der Waals surface area contributed by atoms with Gasteiger partial charge in [0.1, 0.15) is 0 Å². The van der Waals surface area contributed by atoms with E-state index < -0.39 is 11.7 Å². The van der Waals surface area contributed by atoms with Gasteiger partial charge in [0.25, 0.3) is 5.91 Å². The monoisotopic (exact) mass is 413 g/mol. The Bertz CT molecular complexity index is 843. The molecule has 1 heterocycles. The van der Waals surface area contributed by atoms with E-state index in [9.17, 15) is 18.0 Å². The van der Waals surface area contributed by atoms with Crippen LogP contribution in [-0.4, -0.2) is 30.4 Å². The van der Waals surface area contributed by atoms with E-state index in [1.807, 2.05) is 6.92 Å². The van der Waals surface area contributed by atoms with E-state index in [1.54, 1.807) is 29.2 Å². The molecular weight excluding hydrogens is 391 g/mol. The quantitative estimate of drug-likeness (QED) is 0.765. The van der Waals surface area contributed by atoms with Crippen molar-refractivity contribution >= 4 is 29.7 Å². The van der Waals surface area contributed by atoms with Gasteiger partial charge in [0, 0.05) is 18.8 Å². The van der Waals surface area contributed by atoms with Gasteiger partial charge >= 0.3 is 6.18 Å². The average molecular weight is 414 g/mol. The second-order valence-electron chi connectivity index (χ2n) is 7.24. The maximum atomic E-state index is 13.0. The molecule has 152 valence electrons. The van der Waals surface area contributed by atoms with Crippen LogP contribution in [0.5, 0.6) is 0 Å². The molecule has 0 bridgehead atoms. The highest BCUT2D eigenvalue weighted by molar-refractivity contribution is 6.00. The Balaban J connectivity index is 0.00000280. The van der Waals surface area contributed by atoms with Gasteiger partial charge in [-0.05, 0) is 48.7 Å². The molecule has 2 aromatic carbocycles. The topological polar surface area (TPSA) is 58.4 Å². The first-order valence-electron chi connectivity index (χ1n) is 8.74. The van der Waals surface area contributed by atoms with Gasteiger partial charge in [0.05, 0.1) is 16.8 Å². The minimum atomic E-state index is -4.42. The maximum Gasteiger partial charge on any atom is 0.416 e. The molecule has 0 saturated carbocycles. The largest absolute Gasteiger partial charge is 0.416 e. The van der Waals surface area contributed by atoms with Crippen LogP contribution >= 0.6 is 12.4 Å². The van der Waals surface area contributed by atoms with E-state index in [4.69, 9.17) is 5.73 Å². The normalized spacial score (nSPS) is 19.2. The first kappa shape index (κ1) is 22.0. The van der Waals surface area contributed by atoms with Crippen molar-refractivity contribution in [2.24, 2.45) is 11.1 Å². The zero-order chi connectivity index (χ0) is 19.7. The third-order valence-electron chi connectivity index (χ3n) is 4.96. The highest BCUT2D eigenvalue weighted by Crippen LogP contribution is 2.33. The van der Waals surface area contributed by atoms with Gasteiger partial charge in [-0.3, -0.25) is 4.79 Å². The van der Waals surface area contributed by atoms with Crippen LogP contribution in [0.3, 0.4) is 0 Å². The summed E-state index contributed by atoms with van der Waals surface area (Å²) in [6.07, 6.45) is -3.59. The zero-order valence-corrected chi connectivity index (χ0v) is 16.2. The zero-order valence-electron chi connectivity index (χ0n) is 15.4. The molecule has 0 aliphatic carbocycles. The molecule has 1 aliphatic rings. The Kier molecular flexibility index (Phi) is 6.62. The predicted molar refractivity (Wildman–Crippen MR) is 106 cm³/mol. The first-order chi connectivity index (χ1) is 12.7. The number of nitrogens with zero attached hydrogens (tertiary/aromatic N) is 1. The molecular formula is C20H23ClF3N3O. The SMILES string of the molecule is CC1(CN)CCN(C(=O)c2ccccc2Nc2cccc(C(F)(F)F)c2)C1.Cl. The van der Waals surface area contributed by atoms with Gasteiger partial charge in [-0.15, -0.1) is 12.4 Å². The van der Waals surface area contributed by atoms with Gasteiger partial charge in [-0.25, -0.2) is 0 Å². The standard InChI is InChI=1S/C20H22F3N3O.ClH/c1-19(12-24)9-10-26(13-19)18(27)16-7-2-3-8-17(16)25-15-6-4-5-14(11-15)20(21,22)23;/h2-8,11,25H,9-10,12-13,24H2,1H3;1H. The van der Waals surface area contributed by atoms with Crippen LogP contribution in [-0.2, 0) is 6.18 Å². The van der Waals surface area contributed by atoms with Gasteiger partial charge in [-0.2, -0.15) is 13.2 Å². The predicted octanol–water partition coefficient (Wildman–Crippen LogP) is 4.68. The highest BCUT2D eigenvalue weighted by atomic mass is 35.5. The fourth-order valence-corrected chi connectivity index (χ4v) is 3.24. The van der Waals surface area contributed by atoms with Crippen LogP contribution in [0.15, 0.2) is 48.5 Å². The minimum Gasteiger partial charge on any atom is -0.355 e. The third-order valence-corrected chi connectivity index (χ3v) is 4.96. The Morgan fingerprint density at radius 3 is 2.57 bits per heavy atom. The molecule has 28 heavy (non-hydrogen) atoms. The van der Waals surface area contributed by atoms with E-state index >= 15 is 0 Å². The molecule has 8 heteroatoms. The van der Waals surface area contributed by atoms with Crippen molar-refractivity contribution in [1.82, 2.24) is 4.90 Å². The lowest BCUT2D eigenvalue weighted by molar-refractivity contribution is -0.137. The van der Waals surface area contributed by atoms with Crippen molar-refractivity contribution < 1.29 is 18.0 Å². The number of hydrogen-bond donors (Lipinski definition) is 2. The number of alkyl halides is 3. The molecule has 0 spiro atoms. The summed E-state index contributed by atoms with van der Waals surface area (Å²) in [5, 5.41) is 2.95. The smallest absolute Gasteiger partial charge is 0.355 e. The maximum absolute atomic E-state index is 13.0. The molecule has 4 nitrogen and oxygen atoms in total. The van der Waals surface area contributed by atoms with E-state index in [0.29, 0.717) is 30.9 Å². The van der Waals surface area contributed by atoms with Crippen molar-refractivity contribution in [2.75, 3.05) is 25.0 Å². The Hall–Kier alpha value is -2.25. The summed E-state index contributed by atoms with van der Waals surface area (Å²) in [5.41, 5.74) is 6.15. The molecule has 3 rings (SSSR count). The number of halogens is 4. The van der Waals surface area contributed by atoms with E-state index in [0.717, 1.165) is 18.6 Å². The van der Waals surface area contributed by atoms with E-state index in [2.05, 4.69) is 5.32 Å². The lowest BCUT2D eigenvalue weighted by Crippen LogP contribution is -2.34. The highest BCUT2D eigenvalue weighted by Gasteiger charge is 2.35. The second kappa shape index (κ2) is 8.41. The van der Waals surface area contributed by atoms with Crippen LogP contribution in [0.25, 0.3) is 0 Å². The fourth-order valence-electron chi connectivity index (χ4n) is 3.24. The summed E-state index contributed by atoms with van der Waals surface area (Å²) in [7, 11) is 0. The number of nitrogens with two attached hydrogens (primary N) is 1. The number of likely N-dealkylation sites (tertiary alicyclic amines) is 1. The Morgan fingerprint density at radius 1 is 1.21 bits per heavy atom. The van der Waals surface area contributed by atoms with Crippen molar-refractivity contribution in [3.8, 4) is 0 Å². The van der Waals surface area contributed by atoms with Gasteiger partial charge in [-0.1, -0.05) is 25.1 Å². The van der Waals surface area contributed by atoms with Crippen LogP contribution < -0.4 is 11.1 Å². The van der Waals surface area contributed by atoms with Crippen LogP contribution in [0.1, 0.15) is 29.3 Å². The minimum absolute atomic E-state index is 0. The van der Waals surface area contributed by atoms with Gasteiger partial charge in [0.2, 0.25) is 0 Å². The molecule has 2 aromatic rings. The van der Waals surface area contributed by atoms with Gasteiger partial charge < -0.3 is 16.0 Å². The third kappa shape index (κ3) is 4.77. The van der Waals surface area contributed by atoms with Gasteiger partial charge in [0.15, 0.2) is 0 Å². The number of carbonyl (C=O) groups excluding carboxylic acids is 1. The second-order valence-corrected chi connectivity index (χ2v) is 7.24. The summed E-state index contributed by atoms with van der Waals surface area (Å²) < 4.78 is 38.8. The molecule has 3 N–H and O–H groups in total. The van der Waals surface area contributed by atoms with Crippen molar-refractivity contribution in [3.05, 3.63) is 59.7 Å². The first-order valence-corrected chi connectivity index (χ1v) is 8.74. The number of carbonyl (C=O) groups is 1. The van der Waals surface area contributed by atoms with Crippen molar-refractivity contribution in [3.63, 3.8) is 0 Å². The molecule has 1 fully saturated rings. The molecule has 1 aliphatic heterocycles. The summed E-state index contributed by atoms with van der Waals surface area (Å²) >= 11 is 0. The summed E-state index contributed by atoms with van der Waals surface area (Å²) in [5.74, 6) is -0.151. The van der Waals surface area contributed by atoms with Crippen LogP contribution in [0.2, 0.25) is 0 Å². The summed E-state index contributed by atoms with van der Waals surface area (Å²) in [6.45, 7) is 3.73. The Labute approximate surface area is 168 Å². The number of benzene rings is 2. The molecule has 1 saturated heterocycles. The van der Waals surface area contributed by atoms with E-state index in [-0.39, 0.29) is 29.4 Å². The molecule has 0 radical (unpaired) electrons. The number of para-hydroxylation sites is 1. The van der Waals surface area contributed by atoms with Crippen LogP contribution in [0.4, 0.5) is 24.5 Å². The summed E-state index contributed by atoms with van der Waals surface area (Å²) in [6, 6.07) is 11.8. The van der Waals surface area contributed by atoms with Crippen molar-refractivity contribution in [2.45, 2.75) is 19.5 Å². The van der Waals surface area contributed by atoms with E-state index in [1.165, 1.54) is 12.1 Å². The number of rotatable bonds is 4. The number of anilines is 2. The number of nitrogens with one attached hydrogen (secondary N) is 1. The molecule has 1 atom stereocenters. The fraction of sp³-hybridized carbons (Fsp3) is 0.350. The average Bonchev–Trinajstić information content (AvgIpc) is 3.04. The lowest BCUT2D eigenvalue weighted by Gasteiger charge is -2.23. The summed E-state index contributed by atoms with van der Waals surface area (Å²) in [4.78, 5) is 14.7. The molecule has 1 unspecified atom stereocenters. The number of hydrogen-bond acceptors (Lipinski definition) is 3. The van der Waals surface area contributed by atoms with Crippen molar-refractivity contribution in [1.29, 1.82) is 0 Å². The number of amides is 1. The Morgan fingerprint density at radius 2 is 1.93 bits per heavy atom. The molecule has 1 amide bonds. The lowest BCUT2D eigenvalue weighted by atomic mass is 9.90. The van der Waals surface area contributed by atoms with Crippen LogP contribution in [0, 0.1) is 5.41 Å². The molecule has 0 aromatic heterocycles.